The van der Waals surface area contributed by atoms with E-state index in [4.69, 9.17) is 17.3 Å². The number of benzene rings is 1. The maximum atomic E-state index is 13.6. The molecule has 0 radical (unpaired) electrons. The molecule has 2 N–H and O–H groups in total. The first-order chi connectivity index (χ1) is 6.86. The van der Waals surface area contributed by atoms with Gasteiger partial charge in [0.2, 0.25) is 0 Å². The summed E-state index contributed by atoms with van der Waals surface area (Å²) in [6.07, 6.45) is 0. The predicted molar refractivity (Wildman–Crippen MR) is 63.1 cm³/mol. The lowest BCUT2D eigenvalue weighted by Crippen LogP contribution is -2.12. The van der Waals surface area contributed by atoms with Crippen LogP contribution in [0.1, 0.15) is 37.8 Å². The smallest absolute Gasteiger partial charge is 0.130 e. The third-order valence-corrected chi connectivity index (χ3v) is 2.90. The lowest BCUT2D eigenvalue weighted by molar-refractivity contribution is 0.221. The highest BCUT2D eigenvalue weighted by atomic mass is 35.5. The highest BCUT2D eigenvalue weighted by Crippen LogP contribution is 2.31. The molecule has 0 aliphatic carbocycles. The van der Waals surface area contributed by atoms with Crippen molar-refractivity contribution in [3.8, 4) is 0 Å². The second-order valence-corrected chi connectivity index (χ2v) is 4.75. The zero-order chi connectivity index (χ0) is 11.6. The van der Waals surface area contributed by atoms with Gasteiger partial charge in [0.25, 0.3) is 0 Å². The van der Waals surface area contributed by atoms with Crippen LogP contribution in [-0.4, -0.2) is 6.54 Å². The van der Waals surface area contributed by atoms with Crippen LogP contribution in [0.5, 0.6) is 0 Å². The van der Waals surface area contributed by atoms with Crippen molar-refractivity contribution in [2.45, 2.75) is 32.4 Å². The van der Waals surface area contributed by atoms with Gasteiger partial charge < -0.3 is 5.73 Å². The van der Waals surface area contributed by atoms with Gasteiger partial charge in [-0.05, 0) is 43.5 Å². The van der Waals surface area contributed by atoms with Crippen LogP contribution in [0, 0.1) is 0 Å². The molecule has 84 valence electrons. The van der Waals surface area contributed by atoms with E-state index in [1.807, 2.05) is 13.0 Å². The van der Waals surface area contributed by atoms with Crippen molar-refractivity contribution >= 4 is 11.6 Å². The Hall–Kier alpha value is -0.600. The first kappa shape index (κ1) is 12.5. The van der Waals surface area contributed by atoms with Crippen molar-refractivity contribution in [2.24, 2.45) is 5.73 Å². The molecule has 1 atom stereocenters. The number of hydrogen-bond donors (Lipinski definition) is 1. The van der Waals surface area contributed by atoms with Crippen molar-refractivity contribution in [2.75, 3.05) is 6.54 Å². The summed E-state index contributed by atoms with van der Waals surface area (Å²) in [6.45, 7) is 5.58. The third-order valence-electron chi connectivity index (χ3n) is 2.57. The molecule has 1 rings (SSSR count). The van der Waals surface area contributed by atoms with E-state index in [1.165, 1.54) is 13.8 Å². The lowest BCUT2D eigenvalue weighted by atomic mass is 9.95. The molecule has 0 saturated heterocycles. The molecule has 0 amide bonds. The summed E-state index contributed by atoms with van der Waals surface area (Å²) in [6, 6.07) is 5.31. The van der Waals surface area contributed by atoms with Crippen LogP contribution in [-0.2, 0) is 5.67 Å². The Kier molecular flexibility index (Phi) is 3.74. The number of rotatable bonds is 3. The fourth-order valence-corrected chi connectivity index (χ4v) is 1.79. The number of hydrogen-bond acceptors (Lipinski definition) is 1. The molecule has 1 unspecified atom stereocenters. The van der Waals surface area contributed by atoms with Crippen LogP contribution >= 0.6 is 11.6 Å². The monoisotopic (exact) mass is 229 g/mol. The highest BCUT2D eigenvalue weighted by molar-refractivity contribution is 6.31. The van der Waals surface area contributed by atoms with Gasteiger partial charge in [0, 0.05) is 5.02 Å². The van der Waals surface area contributed by atoms with Crippen molar-refractivity contribution in [1.82, 2.24) is 0 Å². The van der Waals surface area contributed by atoms with E-state index >= 15 is 0 Å². The minimum absolute atomic E-state index is 0.203. The topological polar surface area (TPSA) is 26.0 Å². The molecular weight excluding hydrogens is 213 g/mol. The molecule has 1 aromatic rings. The quantitative estimate of drug-likeness (QED) is 0.842. The first-order valence-electron chi connectivity index (χ1n) is 5.05. The van der Waals surface area contributed by atoms with Gasteiger partial charge in [-0.1, -0.05) is 30.7 Å². The van der Waals surface area contributed by atoms with Gasteiger partial charge in [-0.25, -0.2) is 4.39 Å². The van der Waals surface area contributed by atoms with Gasteiger partial charge >= 0.3 is 0 Å². The van der Waals surface area contributed by atoms with E-state index in [0.29, 0.717) is 17.1 Å². The van der Waals surface area contributed by atoms with E-state index in [9.17, 15) is 4.39 Å². The summed E-state index contributed by atoms with van der Waals surface area (Å²) in [5.74, 6) is 0.203. The molecule has 0 spiro atoms. The molecule has 0 aliphatic heterocycles. The average Bonchev–Trinajstić information content (AvgIpc) is 2.15. The van der Waals surface area contributed by atoms with Gasteiger partial charge in [0.1, 0.15) is 5.67 Å². The van der Waals surface area contributed by atoms with E-state index in [2.05, 4.69) is 0 Å². The zero-order valence-electron chi connectivity index (χ0n) is 9.35. The van der Waals surface area contributed by atoms with E-state index in [0.717, 1.165) is 5.56 Å². The van der Waals surface area contributed by atoms with Crippen LogP contribution in [0.25, 0.3) is 0 Å². The Balaban J connectivity index is 3.09. The second-order valence-electron chi connectivity index (χ2n) is 4.35. The fourth-order valence-electron chi connectivity index (χ4n) is 1.42. The minimum Gasteiger partial charge on any atom is -0.330 e. The zero-order valence-corrected chi connectivity index (χ0v) is 10.1. The third kappa shape index (κ3) is 2.93. The van der Waals surface area contributed by atoms with Crippen molar-refractivity contribution in [3.63, 3.8) is 0 Å². The second kappa shape index (κ2) is 4.50. The van der Waals surface area contributed by atoms with Gasteiger partial charge in [0.05, 0.1) is 0 Å². The van der Waals surface area contributed by atoms with E-state index < -0.39 is 5.67 Å². The molecule has 1 aromatic carbocycles. The van der Waals surface area contributed by atoms with Crippen molar-refractivity contribution < 1.29 is 4.39 Å². The molecule has 0 heterocycles. The maximum Gasteiger partial charge on any atom is 0.130 e. The van der Waals surface area contributed by atoms with Crippen LogP contribution in [0.4, 0.5) is 4.39 Å². The maximum absolute atomic E-state index is 13.6. The largest absolute Gasteiger partial charge is 0.330 e. The summed E-state index contributed by atoms with van der Waals surface area (Å²) in [7, 11) is 0. The number of nitrogens with two attached hydrogens (primary N) is 1. The normalized spacial score (nSPS) is 14.0. The highest BCUT2D eigenvalue weighted by Gasteiger charge is 2.20. The molecule has 0 fully saturated rings. The van der Waals surface area contributed by atoms with Crippen LogP contribution in [0.3, 0.4) is 0 Å². The van der Waals surface area contributed by atoms with Gasteiger partial charge in [-0.2, -0.15) is 0 Å². The number of halogens is 2. The van der Waals surface area contributed by atoms with E-state index in [-0.39, 0.29) is 5.92 Å². The Morgan fingerprint density at radius 1 is 1.47 bits per heavy atom. The summed E-state index contributed by atoms with van der Waals surface area (Å²) in [4.78, 5) is 0. The van der Waals surface area contributed by atoms with Crippen molar-refractivity contribution in [3.05, 3.63) is 34.3 Å². The average molecular weight is 230 g/mol. The molecule has 0 aromatic heterocycles. The Bertz CT molecular complexity index is 344. The molecular formula is C12H17ClFN. The summed E-state index contributed by atoms with van der Waals surface area (Å²) in [5, 5.41) is 0.594. The van der Waals surface area contributed by atoms with Gasteiger partial charge in [-0.3, -0.25) is 0 Å². The predicted octanol–water partition coefficient (Wildman–Crippen LogP) is 3.61. The van der Waals surface area contributed by atoms with Crippen LogP contribution in [0.15, 0.2) is 18.2 Å². The first-order valence-corrected chi connectivity index (χ1v) is 5.43. The standard InChI is InChI=1S/C12H17ClFN/c1-8(7-15)10-5-4-9(6-11(10)13)12(2,3)14/h4-6,8H,7,15H2,1-3H3. The van der Waals surface area contributed by atoms with Crippen LogP contribution in [0.2, 0.25) is 5.02 Å². The molecule has 1 nitrogen and oxygen atoms in total. The van der Waals surface area contributed by atoms with E-state index in [1.54, 1.807) is 12.1 Å². The lowest BCUT2D eigenvalue weighted by Gasteiger charge is -2.18. The van der Waals surface area contributed by atoms with Gasteiger partial charge in [-0.15, -0.1) is 0 Å². The fraction of sp³-hybridized carbons (Fsp3) is 0.500. The molecule has 15 heavy (non-hydrogen) atoms. The minimum atomic E-state index is -1.35. The Morgan fingerprint density at radius 2 is 2.07 bits per heavy atom. The Morgan fingerprint density at radius 3 is 2.47 bits per heavy atom. The van der Waals surface area contributed by atoms with Gasteiger partial charge in [0.15, 0.2) is 0 Å². The molecule has 0 bridgehead atoms. The SMILES string of the molecule is CC(CN)c1ccc(C(C)(C)F)cc1Cl. The number of alkyl halides is 1. The summed E-state index contributed by atoms with van der Waals surface area (Å²) in [5.41, 5.74) is 5.79. The summed E-state index contributed by atoms with van der Waals surface area (Å²) >= 11 is 6.09. The van der Waals surface area contributed by atoms with Crippen LogP contribution < -0.4 is 5.73 Å². The molecule has 0 aliphatic rings. The Labute approximate surface area is 95.4 Å². The summed E-state index contributed by atoms with van der Waals surface area (Å²) < 4.78 is 13.6. The molecule has 3 heteroatoms. The molecule has 0 saturated carbocycles. The van der Waals surface area contributed by atoms with Crippen molar-refractivity contribution in [1.29, 1.82) is 0 Å².